The Hall–Kier alpha value is -1.16. The van der Waals surface area contributed by atoms with Crippen molar-refractivity contribution < 1.29 is 4.39 Å². The van der Waals surface area contributed by atoms with E-state index in [4.69, 9.17) is 0 Å². The van der Waals surface area contributed by atoms with Gasteiger partial charge < -0.3 is 10.6 Å². The highest BCUT2D eigenvalue weighted by molar-refractivity contribution is 5.39. The first-order chi connectivity index (χ1) is 8.97. The minimum atomic E-state index is -0.247. The summed E-state index contributed by atoms with van der Waals surface area (Å²) in [6.07, 6.45) is 1.65. The first-order valence-electron chi connectivity index (χ1n) is 6.99. The van der Waals surface area contributed by atoms with Crippen LogP contribution in [0.15, 0.2) is 12.3 Å². The zero-order chi connectivity index (χ0) is 14.4. The van der Waals surface area contributed by atoms with Crippen LogP contribution >= 0.6 is 0 Å². The summed E-state index contributed by atoms with van der Waals surface area (Å²) in [4.78, 5) is 4.10. The van der Waals surface area contributed by atoms with Gasteiger partial charge in [-0.1, -0.05) is 27.7 Å². The summed E-state index contributed by atoms with van der Waals surface area (Å²) >= 11 is 0. The Morgan fingerprint density at radius 1 is 1.21 bits per heavy atom. The quantitative estimate of drug-likeness (QED) is 0.796. The third-order valence-electron chi connectivity index (χ3n) is 3.55. The summed E-state index contributed by atoms with van der Waals surface area (Å²) < 4.78 is 14.1. The Labute approximate surface area is 116 Å². The highest BCUT2D eigenvalue weighted by Crippen LogP contribution is 2.22. The van der Waals surface area contributed by atoms with E-state index in [9.17, 15) is 4.39 Å². The van der Waals surface area contributed by atoms with Crippen molar-refractivity contribution in [3.8, 4) is 0 Å². The van der Waals surface area contributed by atoms with E-state index in [0.717, 1.165) is 6.54 Å². The molecule has 0 spiro atoms. The Balaban J connectivity index is 2.74. The van der Waals surface area contributed by atoms with Gasteiger partial charge in [0.2, 0.25) is 0 Å². The molecule has 1 rings (SSSR count). The molecule has 0 radical (unpaired) electrons. The predicted octanol–water partition coefficient (Wildman–Crippen LogP) is 3.28. The van der Waals surface area contributed by atoms with Crippen LogP contribution in [-0.2, 0) is 6.54 Å². The molecule has 0 aliphatic carbocycles. The van der Waals surface area contributed by atoms with Crippen LogP contribution in [0.25, 0.3) is 0 Å². The SMILES string of the molecule is CNCc1ccnc(NCC(C(C)C)C(C)C)c1F. The molecule has 0 saturated carbocycles. The fourth-order valence-corrected chi connectivity index (χ4v) is 2.39. The molecule has 4 heteroatoms. The maximum absolute atomic E-state index is 14.1. The molecule has 0 aliphatic rings. The Bertz CT molecular complexity index is 383. The van der Waals surface area contributed by atoms with E-state index in [1.54, 1.807) is 19.3 Å². The molecule has 0 fully saturated rings. The molecule has 0 unspecified atom stereocenters. The van der Waals surface area contributed by atoms with Crippen molar-refractivity contribution >= 4 is 5.82 Å². The van der Waals surface area contributed by atoms with Crippen molar-refractivity contribution in [2.45, 2.75) is 34.2 Å². The number of hydrogen-bond acceptors (Lipinski definition) is 3. The van der Waals surface area contributed by atoms with Gasteiger partial charge >= 0.3 is 0 Å². The lowest BCUT2D eigenvalue weighted by Gasteiger charge is -2.25. The van der Waals surface area contributed by atoms with Crippen LogP contribution in [0.5, 0.6) is 0 Å². The van der Waals surface area contributed by atoms with Gasteiger partial charge in [0.15, 0.2) is 11.6 Å². The van der Waals surface area contributed by atoms with E-state index in [0.29, 0.717) is 35.7 Å². The normalized spacial score (nSPS) is 11.6. The Kier molecular flexibility index (Phi) is 6.22. The average molecular weight is 267 g/mol. The molecular weight excluding hydrogens is 241 g/mol. The molecule has 19 heavy (non-hydrogen) atoms. The standard InChI is InChI=1S/C15H26FN3/c1-10(2)13(11(3)4)9-19-15-14(16)12(8-17-5)6-7-18-15/h6-7,10-11,13,17H,8-9H2,1-5H3,(H,18,19). The van der Waals surface area contributed by atoms with Crippen LogP contribution in [0, 0.1) is 23.6 Å². The molecule has 1 heterocycles. The van der Waals surface area contributed by atoms with Crippen LogP contribution in [0.3, 0.4) is 0 Å². The Morgan fingerprint density at radius 3 is 2.37 bits per heavy atom. The van der Waals surface area contributed by atoms with Gasteiger partial charge in [-0.2, -0.15) is 0 Å². The number of rotatable bonds is 7. The van der Waals surface area contributed by atoms with Gasteiger partial charge in [-0.25, -0.2) is 9.37 Å². The second-order valence-corrected chi connectivity index (χ2v) is 5.70. The van der Waals surface area contributed by atoms with Crippen molar-refractivity contribution in [2.24, 2.45) is 17.8 Å². The molecule has 108 valence electrons. The summed E-state index contributed by atoms with van der Waals surface area (Å²) in [5.41, 5.74) is 0.644. The minimum absolute atomic E-state index is 0.247. The van der Waals surface area contributed by atoms with Crippen LogP contribution in [0.1, 0.15) is 33.3 Å². The van der Waals surface area contributed by atoms with Gasteiger partial charge in [0, 0.05) is 24.8 Å². The summed E-state index contributed by atoms with van der Waals surface area (Å²) in [7, 11) is 1.81. The molecule has 1 aromatic rings. The second-order valence-electron chi connectivity index (χ2n) is 5.70. The molecule has 1 aromatic heterocycles. The maximum atomic E-state index is 14.1. The van der Waals surface area contributed by atoms with E-state index < -0.39 is 0 Å². The summed E-state index contributed by atoms with van der Waals surface area (Å²) in [6, 6.07) is 1.71. The minimum Gasteiger partial charge on any atom is -0.367 e. The van der Waals surface area contributed by atoms with Gasteiger partial charge in [-0.3, -0.25) is 0 Å². The van der Waals surface area contributed by atoms with E-state index in [1.807, 2.05) is 0 Å². The zero-order valence-electron chi connectivity index (χ0n) is 12.6. The molecular formula is C15H26FN3. The van der Waals surface area contributed by atoms with E-state index >= 15 is 0 Å². The Morgan fingerprint density at radius 2 is 1.84 bits per heavy atom. The third kappa shape index (κ3) is 4.46. The van der Waals surface area contributed by atoms with Crippen LogP contribution < -0.4 is 10.6 Å². The highest BCUT2D eigenvalue weighted by Gasteiger charge is 2.18. The topological polar surface area (TPSA) is 37.0 Å². The van der Waals surface area contributed by atoms with Gasteiger partial charge in [0.25, 0.3) is 0 Å². The van der Waals surface area contributed by atoms with Crippen molar-refractivity contribution in [1.29, 1.82) is 0 Å². The lowest BCUT2D eigenvalue weighted by molar-refractivity contribution is 0.304. The summed E-state index contributed by atoms with van der Waals surface area (Å²) in [6.45, 7) is 10.1. The van der Waals surface area contributed by atoms with Gasteiger partial charge in [-0.15, -0.1) is 0 Å². The number of pyridine rings is 1. The number of halogens is 1. The smallest absolute Gasteiger partial charge is 0.169 e. The highest BCUT2D eigenvalue weighted by atomic mass is 19.1. The molecule has 3 nitrogen and oxygen atoms in total. The number of nitrogens with zero attached hydrogens (tertiary/aromatic N) is 1. The lowest BCUT2D eigenvalue weighted by Crippen LogP contribution is -2.25. The molecule has 2 N–H and O–H groups in total. The van der Waals surface area contributed by atoms with Gasteiger partial charge in [0.05, 0.1) is 0 Å². The van der Waals surface area contributed by atoms with E-state index in [1.165, 1.54) is 0 Å². The van der Waals surface area contributed by atoms with E-state index in [2.05, 4.69) is 43.3 Å². The lowest BCUT2D eigenvalue weighted by atomic mass is 9.85. The van der Waals surface area contributed by atoms with Crippen molar-refractivity contribution in [3.05, 3.63) is 23.6 Å². The molecule has 0 saturated heterocycles. The number of aromatic nitrogens is 1. The predicted molar refractivity (Wildman–Crippen MR) is 78.6 cm³/mol. The largest absolute Gasteiger partial charge is 0.367 e. The first-order valence-corrected chi connectivity index (χ1v) is 6.99. The molecule has 0 aromatic carbocycles. The zero-order valence-corrected chi connectivity index (χ0v) is 12.6. The van der Waals surface area contributed by atoms with Crippen LogP contribution in [0.2, 0.25) is 0 Å². The number of hydrogen-bond donors (Lipinski definition) is 2. The molecule has 0 aliphatic heterocycles. The summed E-state index contributed by atoms with van der Waals surface area (Å²) in [5, 5.41) is 6.12. The fraction of sp³-hybridized carbons (Fsp3) is 0.667. The second kappa shape index (κ2) is 7.43. The van der Waals surface area contributed by atoms with Crippen LogP contribution in [0.4, 0.5) is 10.2 Å². The van der Waals surface area contributed by atoms with Crippen LogP contribution in [-0.4, -0.2) is 18.6 Å². The van der Waals surface area contributed by atoms with Gasteiger partial charge in [-0.05, 0) is 30.9 Å². The summed E-state index contributed by atoms with van der Waals surface area (Å²) in [5.74, 6) is 1.75. The van der Waals surface area contributed by atoms with Crippen molar-refractivity contribution in [2.75, 3.05) is 18.9 Å². The first kappa shape index (κ1) is 15.9. The van der Waals surface area contributed by atoms with Gasteiger partial charge in [0.1, 0.15) is 0 Å². The fourth-order valence-electron chi connectivity index (χ4n) is 2.39. The van der Waals surface area contributed by atoms with E-state index in [-0.39, 0.29) is 5.82 Å². The maximum Gasteiger partial charge on any atom is 0.169 e. The number of nitrogens with one attached hydrogen (secondary N) is 2. The monoisotopic (exact) mass is 267 g/mol. The molecule has 0 bridgehead atoms. The third-order valence-corrected chi connectivity index (χ3v) is 3.55. The molecule has 0 amide bonds. The average Bonchev–Trinajstić information content (AvgIpc) is 2.33. The van der Waals surface area contributed by atoms with Crippen molar-refractivity contribution in [3.63, 3.8) is 0 Å². The molecule has 0 atom stereocenters. The van der Waals surface area contributed by atoms with Crippen molar-refractivity contribution in [1.82, 2.24) is 10.3 Å². The number of anilines is 1.